The van der Waals surface area contributed by atoms with Gasteiger partial charge in [0, 0.05) is 13.1 Å². The highest BCUT2D eigenvalue weighted by atomic mass is 19.2. The van der Waals surface area contributed by atoms with Gasteiger partial charge in [-0.25, -0.2) is 13.2 Å². The van der Waals surface area contributed by atoms with E-state index in [1.54, 1.807) is 12.1 Å². The Bertz CT molecular complexity index is 864. The first-order chi connectivity index (χ1) is 11.9. The van der Waals surface area contributed by atoms with E-state index in [0.717, 1.165) is 11.0 Å². The fourth-order valence-electron chi connectivity index (χ4n) is 2.52. The molecule has 0 fully saturated rings. The van der Waals surface area contributed by atoms with Crippen LogP contribution in [0.3, 0.4) is 0 Å². The van der Waals surface area contributed by atoms with Crippen LogP contribution in [0.15, 0.2) is 36.4 Å². The summed E-state index contributed by atoms with van der Waals surface area (Å²) >= 11 is 0. The molecule has 0 aromatic heterocycles. The predicted octanol–water partition coefficient (Wildman–Crippen LogP) is 2.13. The Kier molecular flexibility index (Phi) is 4.26. The van der Waals surface area contributed by atoms with Crippen LogP contribution in [0.5, 0.6) is 0 Å². The van der Waals surface area contributed by atoms with Gasteiger partial charge in [0.05, 0.1) is 16.7 Å². The van der Waals surface area contributed by atoms with E-state index >= 15 is 0 Å². The first-order valence-electron chi connectivity index (χ1n) is 7.28. The van der Waals surface area contributed by atoms with Gasteiger partial charge in [-0.1, -0.05) is 12.1 Å². The summed E-state index contributed by atoms with van der Waals surface area (Å²) in [7, 11) is 0. The minimum absolute atomic E-state index is 0.136. The maximum Gasteiger partial charge on any atom is 0.261 e. The summed E-state index contributed by atoms with van der Waals surface area (Å²) in [5.41, 5.74) is -0.128. The summed E-state index contributed by atoms with van der Waals surface area (Å²) in [5, 5.41) is 2.27. The Hall–Kier alpha value is -3.16. The highest BCUT2D eigenvalue weighted by molar-refractivity contribution is 6.21. The van der Waals surface area contributed by atoms with Gasteiger partial charge < -0.3 is 5.32 Å². The molecule has 2 aromatic carbocycles. The number of fused-ring (bicyclic) bond motifs is 1. The van der Waals surface area contributed by atoms with E-state index in [-0.39, 0.29) is 24.2 Å². The standard InChI is InChI=1S/C17H11F3N2O3/c18-12-6-5-11(13(19)14(12)20)15(23)21-7-8-22-16(24)9-3-1-2-4-10(9)17(22)25/h1-6H,7-8H2,(H,21,23). The van der Waals surface area contributed by atoms with Crippen LogP contribution in [-0.2, 0) is 0 Å². The van der Waals surface area contributed by atoms with Crippen molar-refractivity contribution in [1.29, 1.82) is 0 Å². The zero-order valence-electron chi connectivity index (χ0n) is 12.7. The zero-order valence-corrected chi connectivity index (χ0v) is 12.7. The Morgan fingerprint density at radius 1 is 0.920 bits per heavy atom. The van der Waals surface area contributed by atoms with Gasteiger partial charge in [-0.05, 0) is 24.3 Å². The number of rotatable bonds is 4. The molecule has 8 heteroatoms. The molecule has 5 nitrogen and oxygen atoms in total. The maximum atomic E-state index is 13.5. The zero-order chi connectivity index (χ0) is 18.1. The van der Waals surface area contributed by atoms with Crippen LogP contribution < -0.4 is 5.32 Å². The molecular weight excluding hydrogens is 337 g/mol. The molecule has 0 bridgehead atoms. The monoisotopic (exact) mass is 348 g/mol. The third-order valence-electron chi connectivity index (χ3n) is 3.78. The maximum absolute atomic E-state index is 13.5. The third-order valence-corrected chi connectivity index (χ3v) is 3.78. The number of nitrogens with zero attached hydrogens (tertiary/aromatic N) is 1. The number of carbonyl (C=O) groups is 3. The minimum Gasteiger partial charge on any atom is -0.350 e. The van der Waals surface area contributed by atoms with Gasteiger partial charge in [-0.3, -0.25) is 19.3 Å². The molecular formula is C17H11F3N2O3. The Morgan fingerprint density at radius 3 is 2.12 bits per heavy atom. The van der Waals surface area contributed by atoms with Crippen LogP contribution >= 0.6 is 0 Å². The highest BCUT2D eigenvalue weighted by Crippen LogP contribution is 2.21. The van der Waals surface area contributed by atoms with E-state index < -0.39 is 40.7 Å². The lowest BCUT2D eigenvalue weighted by molar-refractivity contribution is 0.0649. The molecule has 1 aliphatic heterocycles. The quantitative estimate of drug-likeness (QED) is 0.680. The molecule has 0 spiro atoms. The first-order valence-corrected chi connectivity index (χ1v) is 7.28. The summed E-state index contributed by atoms with van der Waals surface area (Å²) < 4.78 is 39.6. The molecule has 1 aliphatic rings. The van der Waals surface area contributed by atoms with Crippen LogP contribution in [-0.4, -0.2) is 35.7 Å². The van der Waals surface area contributed by atoms with Crippen LogP contribution in [0.2, 0.25) is 0 Å². The van der Waals surface area contributed by atoms with Crippen molar-refractivity contribution in [3.05, 3.63) is 70.5 Å². The smallest absolute Gasteiger partial charge is 0.261 e. The van der Waals surface area contributed by atoms with E-state index in [1.165, 1.54) is 12.1 Å². The molecule has 0 saturated carbocycles. The van der Waals surface area contributed by atoms with E-state index in [1.807, 2.05) is 0 Å². The molecule has 0 unspecified atom stereocenters. The van der Waals surface area contributed by atoms with Crippen molar-refractivity contribution in [2.24, 2.45) is 0 Å². The molecule has 1 heterocycles. The molecule has 0 radical (unpaired) electrons. The van der Waals surface area contributed by atoms with E-state index in [2.05, 4.69) is 5.32 Å². The number of hydrogen-bond donors (Lipinski definition) is 1. The van der Waals surface area contributed by atoms with E-state index in [9.17, 15) is 27.6 Å². The predicted molar refractivity (Wildman–Crippen MR) is 80.5 cm³/mol. The number of amides is 3. The highest BCUT2D eigenvalue weighted by Gasteiger charge is 2.34. The molecule has 2 aromatic rings. The SMILES string of the molecule is O=C(NCCN1C(=O)c2ccccc2C1=O)c1ccc(F)c(F)c1F. The summed E-state index contributed by atoms with van der Waals surface area (Å²) in [5.74, 6) is -6.71. The number of imide groups is 1. The van der Waals surface area contributed by atoms with Gasteiger partial charge in [-0.2, -0.15) is 0 Å². The largest absolute Gasteiger partial charge is 0.350 e. The van der Waals surface area contributed by atoms with Gasteiger partial charge in [0.25, 0.3) is 17.7 Å². The number of carbonyl (C=O) groups excluding carboxylic acids is 3. The molecule has 0 atom stereocenters. The second-order valence-electron chi connectivity index (χ2n) is 5.29. The van der Waals surface area contributed by atoms with Crippen LogP contribution in [0, 0.1) is 17.5 Å². The topological polar surface area (TPSA) is 66.5 Å². The van der Waals surface area contributed by atoms with E-state index in [4.69, 9.17) is 0 Å². The fourth-order valence-corrected chi connectivity index (χ4v) is 2.52. The average Bonchev–Trinajstić information content (AvgIpc) is 2.85. The van der Waals surface area contributed by atoms with Crippen LogP contribution in [0.25, 0.3) is 0 Å². The van der Waals surface area contributed by atoms with Crippen molar-refractivity contribution in [1.82, 2.24) is 10.2 Å². The van der Waals surface area contributed by atoms with Gasteiger partial charge >= 0.3 is 0 Å². The number of hydrogen-bond acceptors (Lipinski definition) is 3. The van der Waals surface area contributed by atoms with Gasteiger partial charge in [-0.15, -0.1) is 0 Å². The first kappa shape index (κ1) is 16.7. The Morgan fingerprint density at radius 2 is 1.52 bits per heavy atom. The Labute approximate surface area is 140 Å². The molecule has 3 amide bonds. The van der Waals surface area contributed by atoms with Crippen molar-refractivity contribution in [2.75, 3.05) is 13.1 Å². The molecule has 3 rings (SSSR count). The minimum atomic E-state index is -1.74. The van der Waals surface area contributed by atoms with Crippen molar-refractivity contribution in [3.8, 4) is 0 Å². The number of benzene rings is 2. The Balaban J connectivity index is 1.64. The van der Waals surface area contributed by atoms with Gasteiger partial charge in [0.1, 0.15) is 0 Å². The summed E-state index contributed by atoms with van der Waals surface area (Å²) in [4.78, 5) is 37.1. The van der Waals surface area contributed by atoms with Gasteiger partial charge in [0.2, 0.25) is 0 Å². The van der Waals surface area contributed by atoms with Gasteiger partial charge in [0.15, 0.2) is 17.5 Å². The molecule has 0 aliphatic carbocycles. The third kappa shape index (κ3) is 2.86. The average molecular weight is 348 g/mol. The molecule has 128 valence electrons. The fraction of sp³-hybridized carbons (Fsp3) is 0.118. The van der Waals surface area contributed by atoms with Crippen molar-refractivity contribution < 1.29 is 27.6 Å². The van der Waals surface area contributed by atoms with Crippen molar-refractivity contribution in [2.45, 2.75) is 0 Å². The second kappa shape index (κ2) is 6.39. The van der Waals surface area contributed by atoms with E-state index in [0.29, 0.717) is 6.07 Å². The molecule has 1 N–H and O–H groups in total. The lowest BCUT2D eigenvalue weighted by Crippen LogP contribution is -2.38. The lowest BCUT2D eigenvalue weighted by atomic mass is 10.1. The number of nitrogens with one attached hydrogen (secondary N) is 1. The van der Waals surface area contributed by atoms with Crippen molar-refractivity contribution in [3.63, 3.8) is 0 Å². The van der Waals surface area contributed by atoms with Crippen LogP contribution in [0.4, 0.5) is 13.2 Å². The summed E-state index contributed by atoms with van der Waals surface area (Å²) in [6, 6.07) is 7.74. The summed E-state index contributed by atoms with van der Waals surface area (Å²) in [6.45, 7) is -0.299. The second-order valence-corrected chi connectivity index (χ2v) is 5.29. The van der Waals surface area contributed by atoms with Crippen LogP contribution in [0.1, 0.15) is 31.1 Å². The lowest BCUT2D eigenvalue weighted by Gasteiger charge is -2.14. The molecule has 0 saturated heterocycles. The summed E-state index contributed by atoms with van der Waals surface area (Å²) in [6.07, 6.45) is 0. The van der Waals surface area contributed by atoms with Crippen molar-refractivity contribution >= 4 is 17.7 Å². The molecule has 25 heavy (non-hydrogen) atoms. The number of halogens is 3. The normalized spacial score (nSPS) is 13.2.